The van der Waals surface area contributed by atoms with Gasteiger partial charge < -0.3 is 19.7 Å². The molecule has 3 aromatic rings. The molecular formula is C23H24N4O5S. The summed E-state index contributed by atoms with van der Waals surface area (Å²) in [4.78, 5) is 46.2. The number of imidazole rings is 1. The molecule has 3 aromatic heterocycles. The predicted molar refractivity (Wildman–Crippen MR) is 118 cm³/mol. The van der Waals surface area contributed by atoms with Crippen LogP contribution in [0.15, 0.2) is 41.8 Å². The Kier molecular flexibility index (Phi) is 6.19. The number of likely N-dealkylation sites (tertiary alicyclic amines) is 1. The summed E-state index contributed by atoms with van der Waals surface area (Å²) in [6, 6.07) is 2.88. The third-order valence-electron chi connectivity index (χ3n) is 5.81. The molecule has 4 rings (SSSR count). The van der Waals surface area contributed by atoms with Crippen molar-refractivity contribution in [1.29, 1.82) is 0 Å². The zero-order valence-corrected chi connectivity index (χ0v) is 19.3. The van der Waals surface area contributed by atoms with E-state index in [-0.39, 0.29) is 16.8 Å². The van der Waals surface area contributed by atoms with Crippen LogP contribution in [0.4, 0.5) is 0 Å². The van der Waals surface area contributed by atoms with Crippen LogP contribution >= 0.6 is 11.3 Å². The number of aromatic nitrogens is 3. The number of ether oxygens (including phenoxy) is 1. The lowest BCUT2D eigenvalue weighted by molar-refractivity contribution is -0.695. The maximum atomic E-state index is 13.7. The average Bonchev–Trinajstić information content (AvgIpc) is 3.58. The SMILES string of the molecule is COC(=O)c1[nH]c(C)c(C([O-])=C2C(=O)C(=O)N(CCC[n+]3cc[nH]c3)C2c2cccs2)c1C. The lowest BCUT2D eigenvalue weighted by atomic mass is 9.97. The highest BCUT2D eigenvalue weighted by Crippen LogP contribution is 2.41. The molecule has 1 atom stereocenters. The molecule has 0 bridgehead atoms. The molecule has 1 fully saturated rings. The van der Waals surface area contributed by atoms with E-state index < -0.39 is 29.5 Å². The highest BCUT2D eigenvalue weighted by molar-refractivity contribution is 7.10. The average molecular weight is 469 g/mol. The van der Waals surface area contributed by atoms with Crippen LogP contribution in [-0.4, -0.2) is 46.2 Å². The van der Waals surface area contributed by atoms with E-state index in [1.54, 1.807) is 20.0 Å². The number of Topliss-reactive ketones (excluding diaryl/α,β-unsaturated/α-hetero) is 1. The summed E-state index contributed by atoms with van der Waals surface area (Å²) in [7, 11) is 1.25. The Morgan fingerprint density at radius 2 is 2.12 bits per heavy atom. The molecular weight excluding hydrogens is 444 g/mol. The van der Waals surface area contributed by atoms with Gasteiger partial charge in [0.2, 0.25) is 12.1 Å². The van der Waals surface area contributed by atoms with Gasteiger partial charge in [-0.25, -0.2) is 9.36 Å². The maximum absolute atomic E-state index is 13.7. The van der Waals surface area contributed by atoms with Crippen molar-refractivity contribution >= 4 is 34.8 Å². The molecule has 33 heavy (non-hydrogen) atoms. The number of carbonyl (C=O) groups excluding carboxylic acids is 3. The standard InChI is InChI=1S/C23H24N4O5S/c1-13-16(14(2)25-18(13)23(31)32-3)20(28)17-19(15-6-4-11-33-15)27(22(30)21(17)29)9-5-8-26-10-7-24-12-26/h4,6-7,10-12,19H,5,8-9H2,1-3H3,(H2,25,28,29,31). The van der Waals surface area contributed by atoms with E-state index in [9.17, 15) is 19.5 Å². The molecule has 0 saturated carbocycles. The van der Waals surface area contributed by atoms with Gasteiger partial charge in [-0.3, -0.25) is 14.6 Å². The minimum atomic E-state index is -0.799. The Bertz CT molecular complexity index is 1220. The molecule has 9 nitrogen and oxygen atoms in total. The molecule has 1 unspecified atom stereocenters. The summed E-state index contributed by atoms with van der Waals surface area (Å²) in [6.45, 7) is 4.25. The molecule has 0 radical (unpaired) electrons. The number of aryl methyl sites for hydroxylation is 2. The Morgan fingerprint density at radius 1 is 1.33 bits per heavy atom. The second-order valence-corrected chi connectivity index (χ2v) is 8.79. The van der Waals surface area contributed by atoms with E-state index >= 15 is 0 Å². The number of H-pyrrole nitrogens is 2. The molecule has 1 saturated heterocycles. The van der Waals surface area contributed by atoms with E-state index in [0.717, 1.165) is 4.88 Å². The fourth-order valence-electron chi connectivity index (χ4n) is 4.26. The van der Waals surface area contributed by atoms with E-state index in [1.807, 2.05) is 34.6 Å². The smallest absolute Gasteiger partial charge is 0.354 e. The van der Waals surface area contributed by atoms with E-state index in [2.05, 4.69) is 9.97 Å². The molecule has 2 N–H and O–H groups in total. The van der Waals surface area contributed by atoms with Gasteiger partial charge in [0.15, 0.2) is 0 Å². The number of methoxy groups -OCH3 is 1. The van der Waals surface area contributed by atoms with Crippen LogP contribution in [0.2, 0.25) is 0 Å². The predicted octanol–water partition coefficient (Wildman–Crippen LogP) is 1.41. The van der Waals surface area contributed by atoms with Crippen molar-refractivity contribution in [2.75, 3.05) is 13.7 Å². The van der Waals surface area contributed by atoms with Crippen LogP contribution in [0.25, 0.3) is 5.76 Å². The van der Waals surface area contributed by atoms with Gasteiger partial charge >= 0.3 is 5.97 Å². The van der Waals surface area contributed by atoms with Crippen molar-refractivity contribution in [3.8, 4) is 0 Å². The number of amides is 1. The Labute approximate surface area is 194 Å². The van der Waals surface area contributed by atoms with Crippen LogP contribution in [0.1, 0.15) is 44.6 Å². The Hall–Kier alpha value is -3.66. The molecule has 0 aromatic carbocycles. The number of thiophene rings is 1. The molecule has 172 valence electrons. The third kappa shape index (κ3) is 3.97. The van der Waals surface area contributed by atoms with Crippen LogP contribution in [0.5, 0.6) is 0 Å². The summed E-state index contributed by atoms with van der Waals surface area (Å²) in [5.74, 6) is -2.63. The largest absolute Gasteiger partial charge is 0.872 e. The lowest BCUT2D eigenvalue weighted by Gasteiger charge is -2.26. The van der Waals surface area contributed by atoms with Crippen molar-refractivity contribution in [3.63, 3.8) is 0 Å². The second kappa shape index (κ2) is 9.07. The fourth-order valence-corrected chi connectivity index (χ4v) is 5.10. The van der Waals surface area contributed by atoms with E-state index in [1.165, 1.54) is 23.3 Å². The molecule has 1 aliphatic heterocycles. The molecule has 4 heterocycles. The van der Waals surface area contributed by atoms with Crippen LogP contribution in [0, 0.1) is 13.8 Å². The highest BCUT2D eigenvalue weighted by Gasteiger charge is 2.44. The van der Waals surface area contributed by atoms with Gasteiger partial charge in [0.25, 0.3) is 5.91 Å². The molecule has 0 aliphatic carbocycles. The number of nitrogens with zero attached hydrogens (tertiary/aromatic N) is 2. The number of aromatic amines is 2. The fraction of sp³-hybridized carbons (Fsp3) is 0.304. The van der Waals surface area contributed by atoms with Gasteiger partial charge in [-0.05, 0) is 36.4 Å². The molecule has 10 heteroatoms. The first kappa shape index (κ1) is 22.5. The first-order chi connectivity index (χ1) is 15.8. The number of esters is 1. The van der Waals surface area contributed by atoms with Crippen LogP contribution in [0.3, 0.4) is 0 Å². The summed E-state index contributed by atoms with van der Waals surface area (Å²) in [5.41, 5.74) is 1.13. The highest BCUT2D eigenvalue weighted by atomic mass is 32.1. The van der Waals surface area contributed by atoms with Gasteiger partial charge in [0.1, 0.15) is 18.1 Å². The van der Waals surface area contributed by atoms with Crippen molar-refractivity contribution in [3.05, 3.63) is 69.2 Å². The summed E-state index contributed by atoms with van der Waals surface area (Å²) < 4.78 is 6.72. The van der Waals surface area contributed by atoms with Gasteiger partial charge in [0.05, 0.1) is 19.7 Å². The molecule has 1 amide bonds. The number of carbonyl (C=O) groups is 3. The van der Waals surface area contributed by atoms with Crippen LogP contribution in [-0.2, 0) is 20.9 Å². The van der Waals surface area contributed by atoms with Gasteiger partial charge in [-0.15, -0.1) is 11.3 Å². The van der Waals surface area contributed by atoms with Crippen molar-refractivity contribution < 1.29 is 28.8 Å². The first-order valence-electron chi connectivity index (χ1n) is 10.4. The zero-order chi connectivity index (χ0) is 23.7. The quantitative estimate of drug-likeness (QED) is 0.179. The Balaban J connectivity index is 1.75. The number of nitrogens with one attached hydrogen (secondary N) is 2. The molecule has 1 aliphatic rings. The monoisotopic (exact) mass is 468 g/mol. The summed E-state index contributed by atoms with van der Waals surface area (Å²) in [6.07, 6.45) is 6.10. The third-order valence-corrected chi connectivity index (χ3v) is 6.74. The minimum absolute atomic E-state index is 0.0848. The number of ketones is 1. The number of rotatable bonds is 7. The Morgan fingerprint density at radius 3 is 2.76 bits per heavy atom. The molecule has 0 spiro atoms. The normalized spacial score (nSPS) is 17.7. The van der Waals surface area contributed by atoms with Crippen LogP contribution < -0.4 is 9.67 Å². The van der Waals surface area contributed by atoms with Gasteiger partial charge in [-0.1, -0.05) is 11.8 Å². The first-order valence-corrected chi connectivity index (χ1v) is 11.3. The zero-order valence-electron chi connectivity index (χ0n) is 18.5. The van der Waals surface area contributed by atoms with Crippen molar-refractivity contribution in [2.24, 2.45) is 0 Å². The van der Waals surface area contributed by atoms with E-state index in [0.29, 0.717) is 30.8 Å². The minimum Gasteiger partial charge on any atom is -0.872 e. The van der Waals surface area contributed by atoms with Gasteiger partial charge in [0, 0.05) is 29.1 Å². The topological polar surface area (TPSA) is 122 Å². The van der Waals surface area contributed by atoms with E-state index in [4.69, 9.17) is 4.74 Å². The summed E-state index contributed by atoms with van der Waals surface area (Å²) in [5, 5.41) is 15.5. The second-order valence-electron chi connectivity index (χ2n) is 7.81. The van der Waals surface area contributed by atoms with Gasteiger partial charge in [-0.2, -0.15) is 0 Å². The summed E-state index contributed by atoms with van der Waals surface area (Å²) >= 11 is 1.39. The number of hydrogen-bond donors (Lipinski definition) is 2. The number of hydrogen-bond acceptors (Lipinski definition) is 6. The van der Waals surface area contributed by atoms with Crippen molar-refractivity contribution in [1.82, 2.24) is 14.9 Å². The maximum Gasteiger partial charge on any atom is 0.354 e. The lowest BCUT2D eigenvalue weighted by Crippen LogP contribution is -2.35. The van der Waals surface area contributed by atoms with Crippen molar-refractivity contribution in [2.45, 2.75) is 32.9 Å².